The highest BCUT2D eigenvalue weighted by molar-refractivity contribution is 6.21. The summed E-state index contributed by atoms with van der Waals surface area (Å²) in [6, 6.07) is -0.554. The van der Waals surface area contributed by atoms with E-state index in [9.17, 15) is 14.4 Å². The molecule has 7 nitrogen and oxygen atoms in total. The lowest BCUT2D eigenvalue weighted by Crippen LogP contribution is -2.46. The Hall–Kier alpha value is -2.28. The first-order valence-electron chi connectivity index (χ1n) is 7.68. The highest BCUT2D eigenvalue weighted by Crippen LogP contribution is 2.19. The van der Waals surface area contributed by atoms with Crippen LogP contribution in [0.25, 0.3) is 0 Å². The van der Waals surface area contributed by atoms with Crippen molar-refractivity contribution in [2.45, 2.75) is 19.3 Å². The van der Waals surface area contributed by atoms with Crippen LogP contribution in [0.1, 0.15) is 19.3 Å². The number of nitrogens with zero attached hydrogens (tertiary/aromatic N) is 2. The van der Waals surface area contributed by atoms with Gasteiger partial charge in [0, 0.05) is 33.2 Å². The van der Waals surface area contributed by atoms with Gasteiger partial charge in [0.1, 0.15) is 0 Å². The minimum Gasteiger partial charge on any atom is -0.385 e. The molecule has 0 spiro atoms. The molecule has 4 amide bonds. The number of imide groups is 1. The van der Waals surface area contributed by atoms with Crippen molar-refractivity contribution in [2.75, 3.05) is 26.8 Å². The molecule has 0 fully saturated rings. The summed E-state index contributed by atoms with van der Waals surface area (Å²) in [5.74, 6) is -0.857. The predicted octanol–water partition coefficient (Wildman–Crippen LogP) is 1.06. The van der Waals surface area contributed by atoms with E-state index in [2.05, 4.69) is 10.3 Å². The fraction of sp³-hybridized carbons (Fsp3) is 0.500. The molecule has 7 heteroatoms. The van der Waals surface area contributed by atoms with Gasteiger partial charge in [0.05, 0.1) is 11.6 Å². The van der Waals surface area contributed by atoms with E-state index in [-0.39, 0.29) is 24.8 Å². The number of methoxy groups -OCH3 is 1. The number of hydrogen-bond donors (Lipinski definition) is 1. The van der Waals surface area contributed by atoms with Crippen LogP contribution in [-0.2, 0) is 14.3 Å². The second kappa shape index (κ2) is 8.38. The Labute approximate surface area is 135 Å². The monoisotopic (exact) mass is 319 g/mol. The maximum absolute atomic E-state index is 12.3. The third-order valence-electron chi connectivity index (χ3n) is 3.62. The molecule has 124 valence electrons. The average Bonchev–Trinajstić information content (AvgIpc) is 2.54. The summed E-state index contributed by atoms with van der Waals surface area (Å²) in [5, 5.41) is 2.77. The number of aliphatic imine (C=N–C) groups is 1. The second-order valence-electron chi connectivity index (χ2n) is 5.33. The van der Waals surface area contributed by atoms with Gasteiger partial charge in [0.15, 0.2) is 0 Å². The molecular weight excluding hydrogens is 298 g/mol. The van der Waals surface area contributed by atoms with Crippen LogP contribution in [0.5, 0.6) is 0 Å². The minimum absolute atomic E-state index is 0.0947. The maximum atomic E-state index is 12.3. The largest absolute Gasteiger partial charge is 0.385 e. The summed E-state index contributed by atoms with van der Waals surface area (Å²) in [7, 11) is 1.61. The van der Waals surface area contributed by atoms with E-state index >= 15 is 0 Å². The van der Waals surface area contributed by atoms with E-state index in [0.717, 1.165) is 11.3 Å². The lowest BCUT2D eigenvalue weighted by molar-refractivity contribution is -0.130. The molecule has 1 heterocycles. The van der Waals surface area contributed by atoms with E-state index in [1.54, 1.807) is 31.4 Å². The minimum atomic E-state index is -0.554. The number of carbonyl (C=O) groups is 3. The van der Waals surface area contributed by atoms with Crippen molar-refractivity contribution in [1.29, 1.82) is 0 Å². The number of urea groups is 1. The Morgan fingerprint density at radius 3 is 2.96 bits per heavy atom. The van der Waals surface area contributed by atoms with Crippen LogP contribution in [0.4, 0.5) is 4.79 Å². The average molecular weight is 319 g/mol. The number of ether oxygens (including phenoxy) is 1. The van der Waals surface area contributed by atoms with Crippen molar-refractivity contribution >= 4 is 23.6 Å². The van der Waals surface area contributed by atoms with Crippen molar-refractivity contribution in [1.82, 2.24) is 10.2 Å². The molecular formula is C16H21N3O4. The Balaban J connectivity index is 1.77. The highest BCUT2D eigenvalue weighted by Gasteiger charge is 2.35. The number of amides is 4. The van der Waals surface area contributed by atoms with Gasteiger partial charge in [-0.15, -0.1) is 0 Å². The molecule has 0 aromatic rings. The van der Waals surface area contributed by atoms with Crippen LogP contribution < -0.4 is 5.32 Å². The molecule has 2 aliphatic rings. The van der Waals surface area contributed by atoms with Gasteiger partial charge in [-0.2, -0.15) is 4.99 Å². The van der Waals surface area contributed by atoms with E-state index in [1.165, 1.54) is 0 Å². The summed E-state index contributed by atoms with van der Waals surface area (Å²) in [5.41, 5.74) is 0.481. The van der Waals surface area contributed by atoms with Gasteiger partial charge in [-0.3, -0.25) is 14.5 Å². The Bertz CT molecular complexity index is 566. The molecule has 1 N–H and O–H groups in total. The summed E-state index contributed by atoms with van der Waals surface area (Å²) in [6.45, 7) is 1.36. The lowest BCUT2D eigenvalue weighted by Gasteiger charge is -2.28. The van der Waals surface area contributed by atoms with Crippen LogP contribution in [0.3, 0.4) is 0 Å². The first kappa shape index (κ1) is 17.1. The summed E-state index contributed by atoms with van der Waals surface area (Å²) in [6.07, 6.45) is 8.35. The SMILES string of the molecule is COCCCNC(=O)CCCN1C(=O)N=C2C=CC=CC2C1=O. The first-order valence-corrected chi connectivity index (χ1v) is 7.68. The molecule has 0 aromatic heterocycles. The van der Waals surface area contributed by atoms with Gasteiger partial charge in [-0.05, 0) is 18.9 Å². The van der Waals surface area contributed by atoms with Crippen LogP contribution in [0.15, 0.2) is 29.3 Å². The Morgan fingerprint density at radius 2 is 2.17 bits per heavy atom. The molecule has 1 atom stereocenters. The van der Waals surface area contributed by atoms with Gasteiger partial charge in [0.2, 0.25) is 11.8 Å². The molecule has 0 saturated carbocycles. The van der Waals surface area contributed by atoms with Gasteiger partial charge in [-0.1, -0.05) is 18.2 Å². The van der Waals surface area contributed by atoms with E-state index < -0.39 is 11.9 Å². The Morgan fingerprint density at radius 1 is 1.35 bits per heavy atom. The van der Waals surface area contributed by atoms with Crippen molar-refractivity contribution in [3.05, 3.63) is 24.3 Å². The number of nitrogens with one attached hydrogen (secondary N) is 1. The molecule has 1 unspecified atom stereocenters. The number of fused-ring (bicyclic) bond motifs is 1. The summed E-state index contributed by atoms with van der Waals surface area (Å²) in [4.78, 5) is 40.9. The van der Waals surface area contributed by atoms with Crippen molar-refractivity contribution in [3.8, 4) is 0 Å². The third-order valence-corrected chi connectivity index (χ3v) is 3.62. The van der Waals surface area contributed by atoms with Gasteiger partial charge >= 0.3 is 6.03 Å². The summed E-state index contributed by atoms with van der Waals surface area (Å²) >= 11 is 0. The van der Waals surface area contributed by atoms with E-state index in [1.807, 2.05) is 0 Å². The van der Waals surface area contributed by atoms with Crippen LogP contribution >= 0.6 is 0 Å². The molecule has 1 aliphatic carbocycles. The third kappa shape index (κ3) is 4.59. The molecule has 23 heavy (non-hydrogen) atoms. The topological polar surface area (TPSA) is 88.1 Å². The quantitative estimate of drug-likeness (QED) is 0.678. The predicted molar refractivity (Wildman–Crippen MR) is 85.1 cm³/mol. The van der Waals surface area contributed by atoms with Crippen molar-refractivity contribution in [2.24, 2.45) is 10.9 Å². The smallest absolute Gasteiger partial charge is 0.350 e. The van der Waals surface area contributed by atoms with Crippen molar-refractivity contribution in [3.63, 3.8) is 0 Å². The van der Waals surface area contributed by atoms with Gasteiger partial charge in [0.25, 0.3) is 0 Å². The Kier molecular flexibility index (Phi) is 6.22. The van der Waals surface area contributed by atoms with Crippen LogP contribution in [0.2, 0.25) is 0 Å². The summed E-state index contributed by atoms with van der Waals surface area (Å²) < 4.78 is 4.90. The number of allylic oxidation sites excluding steroid dienone is 3. The van der Waals surface area contributed by atoms with Crippen LogP contribution in [0, 0.1) is 5.92 Å². The molecule has 0 bridgehead atoms. The molecule has 1 aliphatic heterocycles. The number of rotatable bonds is 8. The van der Waals surface area contributed by atoms with Crippen LogP contribution in [-0.4, -0.2) is 55.3 Å². The highest BCUT2D eigenvalue weighted by atomic mass is 16.5. The molecule has 2 rings (SSSR count). The fourth-order valence-corrected chi connectivity index (χ4v) is 2.42. The zero-order chi connectivity index (χ0) is 16.7. The standard InChI is InChI=1S/C16H21N3O4/c1-23-11-5-9-17-14(20)8-4-10-19-15(21)12-6-2-3-7-13(12)18-16(19)22/h2-3,6-7,12H,4-5,8-11H2,1H3,(H,17,20). The maximum Gasteiger partial charge on any atom is 0.350 e. The zero-order valence-electron chi connectivity index (χ0n) is 13.2. The molecule has 0 saturated heterocycles. The van der Waals surface area contributed by atoms with Crippen molar-refractivity contribution < 1.29 is 19.1 Å². The van der Waals surface area contributed by atoms with E-state index in [4.69, 9.17) is 4.74 Å². The lowest BCUT2D eigenvalue weighted by atomic mass is 9.95. The number of hydrogen-bond acceptors (Lipinski definition) is 4. The fourth-order valence-electron chi connectivity index (χ4n) is 2.42. The molecule has 0 radical (unpaired) electrons. The first-order chi connectivity index (χ1) is 11.1. The van der Waals surface area contributed by atoms with E-state index in [0.29, 0.717) is 25.3 Å². The normalized spacial score (nSPS) is 19.6. The molecule has 0 aromatic carbocycles. The zero-order valence-corrected chi connectivity index (χ0v) is 13.2. The second-order valence-corrected chi connectivity index (χ2v) is 5.33. The number of carbonyl (C=O) groups excluding carboxylic acids is 3. The van der Waals surface area contributed by atoms with Gasteiger partial charge < -0.3 is 10.1 Å². The van der Waals surface area contributed by atoms with Gasteiger partial charge in [-0.25, -0.2) is 4.79 Å².